The van der Waals surface area contributed by atoms with Gasteiger partial charge in [0.25, 0.3) is 0 Å². The van der Waals surface area contributed by atoms with Crippen molar-refractivity contribution in [1.82, 2.24) is 0 Å². The summed E-state index contributed by atoms with van der Waals surface area (Å²) in [6.07, 6.45) is 1.02. The van der Waals surface area contributed by atoms with Crippen LogP contribution in [0.3, 0.4) is 0 Å². The van der Waals surface area contributed by atoms with Gasteiger partial charge < -0.3 is 0 Å². The minimum atomic E-state index is -0.781. The average Bonchev–Trinajstić information content (AvgIpc) is 2.92. The maximum atomic E-state index is 12.6. The molecule has 1 unspecified atom stereocenters. The van der Waals surface area contributed by atoms with Gasteiger partial charge in [-0.05, 0) is 41.5 Å². The van der Waals surface area contributed by atoms with Gasteiger partial charge in [0.15, 0.2) is 5.78 Å². The van der Waals surface area contributed by atoms with Crippen LogP contribution in [0.2, 0.25) is 5.02 Å². The second-order valence-electron chi connectivity index (χ2n) is 4.84. The molecule has 0 aliphatic carbocycles. The third kappa shape index (κ3) is 3.01. The van der Waals surface area contributed by atoms with Crippen LogP contribution in [0.5, 0.6) is 0 Å². The van der Waals surface area contributed by atoms with Crippen molar-refractivity contribution in [2.75, 3.05) is 5.75 Å². The van der Waals surface area contributed by atoms with Gasteiger partial charge in [-0.3, -0.25) is 4.79 Å². The highest BCUT2D eigenvalue weighted by Gasteiger charge is 2.25. The number of aryl methyl sites for hydroxylation is 1. The summed E-state index contributed by atoms with van der Waals surface area (Å²) in [5, 5.41) is 9.94. The van der Waals surface area contributed by atoms with Crippen molar-refractivity contribution >= 4 is 40.5 Å². The minimum Gasteiger partial charge on any atom is -0.291 e. The lowest BCUT2D eigenvalue weighted by atomic mass is 9.95. The van der Waals surface area contributed by atoms with Gasteiger partial charge in [-0.1, -0.05) is 23.7 Å². The summed E-state index contributed by atoms with van der Waals surface area (Å²) in [6.45, 7) is 0. The van der Waals surface area contributed by atoms with E-state index in [1.165, 1.54) is 21.8 Å². The average molecular weight is 334 g/mol. The molecule has 0 radical (unpaired) electrons. The Balaban J connectivity index is 1.92. The first-order valence-corrected chi connectivity index (χ1v) is 8.92. The summed E-state index contributed by atoms with van der Waals surface area (Å²) in [5.41, 5.74) is 1.91. The smallest absolute Gasteiger partial charge is 0.194 e. The number of thioether (sulfide) groups is 1. The first kappa shape index (κ1) is 14.6. The number of carbonyl (C=O) groups excluding carboxylic acids is 1. The molecule has 0 saturated heterocycles. The highest BCUT2D eigenvalue weighted by atomic mass is 35.5. The molecule has 0 spiro atoms. The molecule has 0 amide bonds. The van der Waals surface area contributed by atoms with E-state index < -0.39 is 5.92 Å². The van der Waals surface area contributed by atoms with Crippen LogP contribution < -0.4 is 0 Å². The van der Waals surface area contributed by atoms with Crippen molar-refractivity contribution in [2.45, 2.75) is 18.1 Å². The molecule has 0 fully saturated rings. The second kappa shape index (κ2) is 6.23. The fourth-order valence-corrected chi connectivity index (χ4v) is 4.92. The lowest BCUT2D eigenvalue weighted by Gasteiger charge is -2.08. The summed E-state index contributed by atoms with van der Waals surface area (Å²) in [6, 6.07) is 11.1. The van der Waals surface area contributed by atoms with E-state index in [1.807, 2.05) is 17.8 Å². The highest BCUT2D eigenvalue weighted by Crippen LogP contribution is 2.34. The molecule has 0 bridgehead atoms. The largest absolute Gasteiger partial charge is 0.291 e. The number of nitriles is 1. The quantitative estimate of drug-likeness (QED) is 0.766. The maximum absolute atomic E-state index is 12.6. The molecule has 2 nitrogen and oxygen atoms in total. The number of ketones is 1. The molecule has 3 rings (SSSR count). The number of benzene rings is 1. The number of carbonyl (C=O) groups is 1. The van der Waals surface area contributed by atoms with E-state index in [-0.39, 0.29) is 5.78 Å². The summed E-state index contributed by atoms with van der Waals surface area (Å²) < 4.78 is 0. The van der Waals surface area contributed by atoms with Crippen LogP contribution in [0.25, 0.3) is 0 Å². The van der Waals surface area contributed by atoms with Gasteiger partial charge >= 0.3 is 0 Å². The Kier molecular flexibility index (Phi) is 4.34. The van der Waals surface area contributed by atoms with Crippen molar-refractivity contribution < 1.29 is 4.79 Å². The van der Waals surface area contributed by atoms with Crippen LogP contribution >= 0.6 is 34.7 Å². The van der Waals surface area contributed by atoms with Gasteiger partial charge in [-0.15, -0.1) is 11.3 Å². The number of hydrogen-bond acceptors (Lipinski definition) is 4. The zero-order valence-corrected chi connectivity index (χ0v) is 13.5. The predicted molar refractivity (Wildman–Crippen MR) is 88.3 cm³/mol. The lowest BCUT2D eigenvalue weighted by molar-refractivity contribution is 0.0983. The standard InChI is InChI=1S/C16H12ClNOS2/c17-12-3-1-2-10(6-12)13(8-18)16(19)15-7-11-9-20-5-4-14(11)21-15/h1-3,6-7,13H,4-5,9H2. The van der Waals surface area contributed by atoms with Gasteiger partial charge in [0.1, 0.15) is 5.92 Å². The van der Waals surface area contributed by atoms with E-state index in [1.54, 1.807) is 24.3 Å². The molecular formula is C16H12ClNOS2. The number of nitrogens with zero attached hydrogens (tertiary/aromatic N) is 1. The molecule has 1 aliphatic rings. The van der Waals surface area contributed by atoms with Crippen LogP contribution in [0.4, 0.5) is 0 Å². The Morgan fingerprint density at radius 1 is 1.38 bits per heavy atom. The molecule has 106 valence electrons. The topological polar surface area (TPSA) is 40.9 Å². The number of Topliss-reactive ketones (excluding diaryl/α,β-unsaturated/α-hetero) is 1. The third-order valence-electron chi connectivity index (χ3n) is 3.44. The van der Waals surface area contributed by atoms with E-state index in [2.05, 4.69) is 6.07 Å². The van der Waals surface area contributed by atoms with E-state index in [0.717, 1.165) is 17.9 Å². The SMILES string of the molecule is N#CC(C(=O)c1cc2c(s1)CCSC2)c1cccc(Cl)c1. The lowest BCUT2D eigenvalue weighted by Crippen LogP contribution is -2.09. The number of fused-ring (bicyclic) bond motifs is 1. The predicted octanol–water partition coefficient (Wildman–Crippen LogP) is 4.68. The first-order chi connectivity index (χ1) is 10.2. The summed E-state index contributed by atoms with van der Waals surface area (Å²) in [5.74, 6) is 1.17. The Hall–Kier alpha value is -1.28. The van der Waals surface area contributed by atoms with Gasteiger partial charge in [0, 0.05) is 15.7 Å². The summed E-state index contributed by atoms with van der Waals surface area (Å²) >= 11 is 9.39. The van der Waals surface area contributed by atoms with E-state index in [0.29, 0.717) is 15.5 Å². The van der Waals surface area contributed by atoms with Crippen LogP contribution in [0.15, 0.2) is 30.3 Å². The summed E-state index contributed by atoms with van der Waals surface area (Å²) in [7, 11) is 0. The van der Waals surface area contributed by atoms with Crippen LogP contribution in [-0.2, 0) is 12.2 Å². The Morgan fingerprint density at radius 2 is 2.24 bits per heavy atom. The molecule has 1 aliphatic heterocycles. The molecule has 5 heteroatoms. The molecule has 1 atom stereocenters. The van der Waals surface area contributed by atoms with Crippen molar-refractivity contribution in [1.29, 1.82) is 5.26 Å². The van der Waals surface area contributed by atoms with Gasteiger partial charge in [-0.2, -0.15) is 17.0 Å². The Labute approximate surface area is 136 Å². The molecular weight excluding hydrogens is 322 g/mol. The molecule has 2 aromatic rings. The molecule has 2 heterocycles. The van der Waals surface area contributed by atoms with Crippen LogP contribution in [0, 0.1) is 11.3 Å². The summed E-state index contributed by atoms with van der Waals surface area (Å²) in [4.78, 5) is 14.6. The van der Waals surface area contributed by atoms with E-state index >= 15 is 0 Å². The normalized spacial score (nSPS) is 15.0. The zero-order valence-electron chi connectivity index (χ0n) is 11.1. The maximum Gasteiger partial charge on any atom is 0.194 e. The third-order valence-corrected chi connectivity index (χ3v) is 5.94. The zero-order chi connectivity index (χ0) is 14.8. The van der Waals surface area contributed by atoms with Crippen molar-refractivity contribution in [3.8, 4) is 6.07 Å². The van der Waals surface area contributed by atoms with Crippen molar-refractivity contribution in [2.24, 2.45) is 0 Å². The number of thiophene rings is 1. The van der Waals surface area contributed by atoms with Crippen molar-refractivity contribution in [3.63, 3.8) is 0 Å². The highest BCUT2D eigenvalue weighted by molar-refractivity contribution is 7.98. The monoisotopic (exact) mass is 333 g/mol. The Morgan fingerprint density at radius 3 is 2.95 bits per heavy atom. The fourth-order valence-electron chi connectivity index (χ4n) is 2.38. The van der Waals surface area contributed by atoms with Gasteiger partial charge in [0.05, 0.1) is 10.9 Å². The number of rotatable bonds is 3. The first-order valence-electron chi connectivity index (χ1n) is 6.57. The molecule has 1 aromatic heterocycles. The van der Waals surface area contributed by atoms with E-state index in [4.69, 9.17) is 11.6 Å². The van der Waals surface area contributed by atoms with Crippen LogP contribution in [0.1, 0.15) is 31.6 Å². The molecule has 0 saturated carbocycles. The van der Waals surface area contributed by atoms with Crippen LogP contribution in [-0.4, -0.2) is 11.5 Å². The van der Waals surface area contributed by atoms with Gasteiger partial charge in [-0.25, -0.2) is 0 Å². The fraction of sp³-hybridized carbons (Fsp3) is 0.250. The Bertz CT molecular complexity index is 709. The molecule has 0 N–H and O–H groups in total. The molecule has 1 aromatic carbocycles. The number of halogens is 1. The number of hydrogen-bond donors (Lipinski definition) is 0. The second-order valence-corrected chi connectivity index (χ2v) is 7.52. The molecule has 21 heavy (non-hydrogen) atoms. The minimum absolute atomic E-state index is 0.121. The van der Waals surface area contributed by atoms with Crippen molar-refractivity contribution in [3.05, 3.63) is 56.2 Å². The van der Waals surface area contributed by atoms with Gasteiger partial charge in [0.2, 0.25) is 0 Å². The van der Waals surface area contributed by atoms with E-state index in [9.17, 15) is 10.1 Å².